The summed E-state index contributed by atoms with van der Waals surface area (Å²) in [5, 5.41) is 35.0. The van der Waals surface area contributed by atoms with Crippen molar-refractivity contribution in [1.82, 2.24) is 0 Å². The second-order valence-electron chi connectivity index (χ2n) is 11.8. The van der Waals surface area contributed by atoms with Crippen LogP contribution in [0, 0.1) is 17.3 Å². The Kier molecular flexibility index (Phi) is 8.98. The fourth-order valence-corrected chi connectivity index (χ4v) is 6.88. The maximum Gasteiger partial charge on any atom is 0.341 e. The van der Waals surface area contributed by atoms with E-state index >= 15 is 0 Å². The van der Waals surface area contributed by atoms with Gasteiger partial charge in [-0.2, -0.15) is 0 Å². The van der Waals surface area contributed by atoms with Crippen molar-refractivity contribution in [2.24, 2.45) is 17.3 Å². The average Bonchev–Trinajstić information content (AvgIpc) is 2.98. The molecule has 1 heterocycles. The van der Waals surface area contributed by atoms with Gasteiger partial charge in [0, 0.05) is 46.5 Å². The molecule has 0 amide bonds. The molecule has 0 aromatic carbocycles. The number of carbonyl (C=O) groups is 5. The minimum Gasteiger partial charge on any atom is -0.462 e. The summed E-state index contributed by atoms with van der Waals surface area (Å²) in [4.78, 5) is 62.7. The van der Waals surface area contributed by atoms with Crippen molar-refractivity contribution < 1.29 is 63.0 Å². The zero-order chi connectivity index (χ0) is 31.2. The van der Waals surface area contributed by atoms with Gasteiger partial charge >= 0.3 is 29.8 Å². The van der Waals surface area contributed by atoms with Gasteiger partial charge in [-0.3, -0.25) is 19.2 Å². The van der Waals surface area contributed by atoms with Crippen LogP contribution < -0.4 is 0 Å². The number of rotatable bonds is 4. The molecule has 1 aliphatic heterocycles. The van der Waals surface area contributed by atoms with Crippen molar-refractivity contribution in [3.05, 3.63) is 11.6 Å². The number of hydrogen-bond donors (Lipinski definition) is 3. The van der Waals surface area contributed by atoms with Gasteiger partial charge in [-0.1, -0.05) is 19.4 Å². The highest BCUT2D eigenvalue weighted by Gasteiger charge is 2.74. The standard InChI is InChI=1S/C28H40O13/c1-12-9-19(37-14(3)29)23(39-16(5)31)26(7)20(38-15(4)30)11-18(33)13(2)22(26)24(40-17(6)32)28(36)21(10-12)41-25(34)27(28,8)35/h10,13,18-24,33,35-36H,9,11H2,1-8H3/b12-10-/t13-,18-,19-,20-,21-,22+,23-,24?,26-,27-,28-/m1/s1. The van der Waals surface area contributed by atoms with Crippen molar-refractivity contribution in [1.29, 1.82) is 0 Å². The van der Waals surface area contributed by atoms with Gasteiger partial charge in [-0.25, -0.2) is 4.79 Å². The molecule has 11 atom stereocenters. The predicted molar refractivity (Wildman–Crippen MR) is 137 cm³/mol. The first kappa shape index (κ1) is 32.5. The molecule has 0 radical (unpaired) electrons. The van der Waals surface area contributed by atoms with Gasteiger partial charge in [-0.05, 0) is 25.8 Å². The lowest BCUT2D eigenvalue weighted by atomic mass is 9.52. The van der Waals surface area contributed by atoms with Crippen molar-refractivity contribution in [2.75, 3.05) is 0 Å². The van der Waals surface area contributed by atoms with Crippen LogP contribution in [-0.2, 0) is 47.7 Å². The molecule has 41 heavy (non-hydrogen) atoms. The normalized spacial score (nSPS) is 43.7. The van der Waals surface area contributed by atoms with Crippen LogP contribution in [0.15, 0.2) is 11.6 Å². The van der Waals surface area contributed by atoms with Crippen LogP contribution in [0.1, 0.15) is 68.2 Å². The summed E-state index contributed by atoms with van der Waals surface area (Å²) in [6, 6.07) is 0. The molecule has 1 saturated heterocycles. The van der Waals surface area contributed by atoms with Crippen LogP contribution in [-0.4, -0.2) is 93.0 Å². The third-order valence-corrected chi connectivity index (χ3v) is 8.77. The third kappa shape index (κ3) is 5.59. The van der Waals surface area contributed by atoms with Gasteiger partial charge in [0.1, 0.15) is 24.4 Å². The molecule has 2 aliphatic carbocycles. The lowest BCUT2D eigenvalue weighted by molar-refractivity contribution is -0.271. The number of ether oxygens (including phenoxy) is 5. The van der Waals surface area contributed by atoms with Gasteiger partial charge in [0.25, 0.3) is 0 Å². The average molecular weight is 585 g/mol. The van der Waals surface area contributed by atoms with Crippen molar-refractivity contribution in [3.63, 3.8) is 0 Å². The van der Waals surface area contributed by atoms with Gasteiger partial charge in [0.15, 0.2) is 17.3 Å². The maximum absolute atomic E-state index is 13.0. The van der Waals surface area contributed by atoms with E-state index in [9.17, 15) is 39.3 Å². The highest BCUT2D eigenvalue weighted by molar-refractivity contribution is 5.84. The van der Waals surface area contributed by atoms with Crippen LogP contribution in [0.3, 0.4) is 0 Å². The van der Waals surface area contributed by atoms with Crippen molar-refractivity contribution in [2.45, 2.75) is 116 Å². The van der Waals surface area contributed by atoms with Gasteiger partial charge in [0.2, 0.25) is 0 Å². The summed E-state index contributed by atoms with van der Waals surface area (Å²) < 4.78 is 28.3. The molecule has 13 nitrogen and oxygen atoms in total. The predicted octanol–water partition coefficient (Wildman–Crippen LogP) is 0.494. The van der Waals surface area contributed by atoms with Crippen molar-refractivity contribution >= 4 is 29.8 Å². The first-order chi connectivity index (χ1) is 18.8. The number of hydrogen-bond acceptors (Lipinski definition) is 13. The topological polar surface area (TPSA) is 192 Å². The zero-order valence-corrected chi connectivity index (χ0v) is 24.5. The van der Waals surface area contributed by atoms with E-state index in [2.05, 4.69) is 0 Å². The number of carbonyl (C=O) groups excluding carboxylic acids is 5. The monoisotopic (exact) mass is 584 g/mol. The quantitative estimate of drug-likeness (QED) is 0.235. The fraction of sp³-hybridized carbons (Fsp3) is 0.750. The summed E-state index contributed by atoms with van der Waals surface area (Å²) in [6.45, 7) is 10.2. The Labute approximate surface area is 238 Å². The summed E-state index contributed by atoms with van der Waals surface area (Å²) in [7, 11) is 0. The SMILES string of the molecule is CC(=O)OC1[C@@H]2[C@H](C)[C@H](O)C[C@@H](OC(C)=O)[C@@]2(C)[C@H](OC(C)=O)[C@H](OC(C)=O)C/C(C)=C\[C@H]2OC(=O)[C@@](C)(O)[C@]12O. The molecular formula is C28H40O13. The molecule has 230 valence electrons. The van der Waals surface area contributed by atoms with Gasteiger partial charge in [0.05, 0.1) is 11.5 Å². The Bertz CT molecular complexity index is 1130. The maximum atomic E-state index is 13.0. The minimum absolute atomic E-state index is 0.0892. The smallest absolute Gasteiger partial charge is 0.341 e. The molecular weight excluding hydrogens is 544 g/mol. The number of esters is 5. The third-order valence-electron chi connectivity index (χ3n) is 8.77. The molecule has 13 heteroatoms. The first-order valence-corrected chi connectivity index (χ1v) is 13.5. The first-order valence-electron chi connectivity index (χ1n) is 13.5. The summed E-state index contributed by atoms with van der Waals surface area (Å²) in [5.41, 5.74) is -6.52. The molecule has 1 saturated carbocycles. The molecule has 3 aliphatic rings. The van der Waals surface area contributed by atoms with Gasteiger partial charge < -0.3 is 39.0 Å². The molecule has 0 aromatic rings. The Morgan fingerprint density at radius 3 is 1.93 bits per heavy atom. The lowest BCUT2D eigenvalue weighted by Crippen LogP contribution is -2.73. The van der Waals surface area contributed by atoms with E-state index in [1.54, 1.807) is 20.8 Å². The second-order valence-corrected chi connectivity index (χ2v) is 11.8. The van der Waals surface area contributed by atoms with E-state index < -0.39 is 94.9 Å². The van der Waals surface area contributed by atoms with Crippen LogP contribution in [0.25, 0.3) is 0 Å². The number of aliphatic hydroxyl groups is 3. The van der Waals surface area contributed by atoms with E-state index in [1.807, 2.05) is 0 Å². The van der Waals surface area contributed by atoms with Gasteiger partial charge in [-0.15, -0.1) is 0 Å². The largest absolute Gasteiger partial charge is 0.462 e. The minimum atomic E-state index is -2.63. The molecule has 0 aromatic heterocycles. The highest BCUT2D eigenvalue weighted by atomic mass is 16.6. The van der Waals surface area contributed by atoms with Crippen LogP contribution in [0.4, 0.5) is 0 Å². The van der Waals surface area contributed by atoms with E-state index in [4.69, 9.17) is 23.7 Å². The Hall–Kier alpha value is -3.03. The van der Waals surface area contributed by atoms with E-state index in [1.165, 1.54) is 6.08 Å². The van der Waals surface area contributed by atoms with E-state index in [0.717, 1.165) is 34.6 Å². The Balaban J connectivity index is 2.50. The van der Waals surface area contributed by atoms with Crippen LogP contribution >= 0.6 is 0 Å². The summed E-state index contributed by atoms with van der Waals surface area (Å²) >= 11 is 0. The summed E-state index contributed by atoms with van der Waals surface area (Å²) in [5.74, 6) is -6.53. The highest BCUT2D eigenvalue weighted by Crippen LogP contribution is 2.57. The van der Waals surface area contributed by atoms with Crippen LogP contribution in [0.2, 0.25) is 0 Å². The lowest BCUT2D eigenvalue weighted by Gasteiger charge is -2.59. The van der Waals surface area contributed by atoms with E-state index in [0.29, 0.717) is 5.57 Å². The zero-order valence-electron chi connectivity index (χ0n) is 24.5. The molecule has 1 unspecified atom stereocenters. The number of aliphatic hydroxyl groups excluding tert-OH is 1. The molecule has 3 N–H and O–H groups in total. The van der Waals surface area contributed by atoms with Crippen molar-refractivity contribution in [3.8, 4) is 0 Å². The summed E-state index contributed by atoms with van der Waals surface area (Å²) in [6.07, 6.45) is -7.32. The van der Waals surface area contributed by atoms with E-state index in [-0.39, 0.29) is 12.8 Å². The Morgan fingerprint density at radius 1 is 0.902 bits per heavy atom. The molecule has 2 fully saturated rings. The molecule has 0 spiro atoms. The fourth-order valence-electron chi connectivity index (χ4n) is 6.88. The van der Waals surface area contributed by atoms with Crippen LogP contribution in [0.5, 0.6) is 0 Å². The number of fused-ring (bicyclic) bond motifs is 2. The molecule has 3 rings (SSSR count). The Morgan fingerprint density at radius 2 is 1.41 bits per heavy atom. The molecule has 0 bridgehead atoms. The second kappa shape index (κ2) is 11.3.